The maximum absolute atomic E-state index is 5.37. The first-order valence-electron chi connectivity index (χ1n) is 4.21. The maximum Gasteiger partial charge on any atom is 0.220 e. The van der Waals surface area contributed by atoms with Crippen LogP contribution in [0.1, 0.15) is 12.8 Å². The minimum Gasteiger partial charge on any atom is -0.325 e. The highest BCUT2D eigenvalue weighted by Gasteiger charge is 1.96. The molecule has 0 aromatic heterocycles. The van der Waals surface area contributed by atoms with Gasteiger partial charge in [0.1, 0.15) is 0 Å². The Balaban J connectivity index is 3.69. The molecule has 0 aliphatic rings. The molecule has 0 amide bonds. The summed E-state index contributed by atoms with van der Waals surface area (Å²) in [7, 11) is 0. The van der Waals surface area contributed by atoms with Crippen molar-refractivity contribution in [1.29, 1.82) is 0 Å². The number of hydrogen-bond donors (Lipinski definition) is 6. The first-order chi connectivity index (χ1) is 6.78. The second-order valence-electron chi connectivity index (χ2n) is 2.52. The van der Waals surface area contributed by atoms with Gasteiger partial charge in [-0.05, 0) is 12.8 Å². The van der Waals surface area contributed by atoms with Crippen LogP contribution in [-0.2, 0) is 0 Å². The van der Waals surface area contributed by atoms with Crippen LogP contribution >= 0.6 is 0 Å². The third-order valence-electron chi connectivity index (χ3n) is 1.59. The zero-order chi connectivity index (χ0) is 10.8. The van der Waals surface area contributed by atoms with Crippen molar-refractivity contribution in [1.82, 2.24) is 10.9 Å². The smallest absolute Gasteiger partial charge is 0.220 e. The molecule has 0 unspecified atom stereocenters. The Morgan fingerprint density at radius 2 is 1.86 bits per heavy atom. The fourth-order valence-corrected chi connectivity index (χ4v) is 0.826. The maximum atomic E-state index is 5.37. The number of nitrogens with two attached hydrogens (primary N) is 4. The van der Waals surface area contributed by atoms with Crippen LogP contribution < -0.4 is 34.1 Å². The van der Waals surface area contributed by atoms with Crippen molar-refractivity contribution in [2.24, 2.45) is 33.4 Å². The van der Waals surface area contributed by atoms with E-state index in [2.05, 4.69) is 20.9 Å². The summed E-state index contributed by atoms with van der Waals surface area (Å²) in [6.45, 7) is 0.945. The predicted octanol–water partition coefficient (Wildman–Crippen LogP) is -2.68. The molecule has 0 atom stereocenters. The second-order valence-corrected chi connectivity index (χ2v) is 2.52. The Labute approximate surface area is 82.7 Å². The van der Waals surface area contributed by atoms with E-state index >= 15 is 0 Å². The molecule has 0 fully saturated rings. The number of guanidine groups is 1. The topological polar surface area (TPSA) is 153 Å². The predicted molar refractivity (Wildman–Crippen MR) is 56.9 cm³/mol. The van der Waals surface area contributed by atoms with Gasteiger partial charge < -0.3 is 11.6 Å². The van der Waals surface area contributed by atoms with Gasteiger partial charge in [-0.2, -0.15) is 5.10 Å². The molecule has 0 aliphatic carbocycles. The van der Waals surface area contributed by atoms with Crippen molar-refractivity contribution < 1.29 is 0 Å². The van der Waals surface area contributed by atoms with Gasteiger partial charge in [0.25, 0.3) is 0 Å². The Hall–Kier alpha value is -1.38. The summed E-state index contributed by atoms with van der Waals surface area (Å²) in [6.07, 6.45) is 1.51. The van der Waals surface area contributed by atoms with Crippen LogP contribution in [0.15, 0.2) is 10.1 Å². The third kappa shape index (κ3) is 5.30. The number of nitrogens with zero attached hydrogens (tertiary/aromatic N) is 2. The lowest BCUT2D eigenvalue weighted by molar-refractivity contribution is 0.822. The van der Waals surface area contributed by atoms with Crippen molar-refractivity contribution in [3.05, 3.63) is 0 Å². The number of hydrazine groups is 2. The van der Waals surface area contributed by atoms with Gasteiger partial charge in [-0.25, -0.2) is 11.7 Å². The fraction of sp³-hybridized carbons (Fsp3) is 0.667. The molecule has 0 saturated heterocycles. The van der Waals surface area contributed by atoms with Crippen molar-refractivity contribution in [3.63, 3.8) is 0 Å². The van der Waals surface area contributed by atoms with E-state index < -0.39 is 0 Å². The molecule has 0 rings (SSSR count). The largest absolute Gasteiger partial charge is 0.325 e. The summed E-state index contributed by atoms with van der Waals surface area (Å²) < 4.78 is 0. The fourth-order valence-electron chi connectivity index (χ4n) is 0.826. The minimum atomic E-state index is 0.337. The van der Waals surface area contributed by atoms with Gasteiger partial charge in [0.2, 0.25) is 5.96 Å². The van der Waals surface area contributed by atoms with E-state index in [9.17, 15) is 0 Å². The van der Waals surface area contributed by atoms with Gasteiger partial charge >= 0.3 is 0 Å². The van der Waals surface area contributed by atoms with Crippen LogP contribution in [0.25, 0.3) is 0 Å². The van der Waals surface area contributed by atoms with E-state index in [1.165, 1.54) is 0 Å². The molecule has 0 aliphatic heterocycles. The molecule has 10 N–H and O–H groups in total. The summed E-state index contributed by atoms with van der Waals surface area (Å²) in [5, 5.41) is 3.53. The van der Waals surface area contributed by atoms with Crippen LogP contribution in [0.2, 0.25) is 0 Å². The van der Waals surface area contributed by atoms with Crippen LogP contribution in [0.5, 0.6) is 0 Å². The van der Waals surface area contributed by atoms with E-state index in [0.29, 0.717) is 19.0 Å². The number of aliphatic imine (C=N–C) groups is 1. The van der Waals surface area contributed by atoms with Crippen LogP contribution in [0, 0.1) is 0 Å². The Morgan fingerprint density at radius 3 is 2.29 bits per heavy atom. The number of rotatable bonds is 5. The average molecular weight is 202 g/mol. The lowest BCUT2D eigenvalue weighted by Crippen LogP contribution is -2.45. The first-order valence-corrected chi connectivity index (χ1v) is 4.21. The molecule has 8 nitrogen and oxygen atoms in total. The van der Waals surface area contributed by atoms with Gasteiger partial charge in [0.15, 0.2) is 0 Å². The standard InChI is InChI=1S/C6H18N8/c7-4-5(12-8)2-1-3-11-6(13-9)14-10/h1-4,7-10H2,(H2,11,13,14). The van der Waals surface area contributed by atoms with E-state index in [-0.39, 0.29) is 0 Å². The SMILES string of the molecule is NCC(CCCN=C(NN)NN)=NN. The van der Waals surface area contributed by atoms with E-state index in [0.717, 1.165) is 18.6 Å². The average Bonchev–Trinajstić information content (AvgIpc) is 2.24. The lowest BCUT2D eigenvalue weighted by atomic mass is 10.2. The summed E-state index contributed by atoms with van der Waals surface area (Å²) in [5.41, 5.74) is 10.7. The van der Waals surface area contributed by atoms with Gasteiger partial charge in [-0.3, -0.25) is 15.8 Å². The molecular weight excluding hydrogens is 184 g/mol. The van der Waals surface area contributed by atoms with Crippen molar-refractivity contribution in [2.75, 3.05) is 13.1 Å². The molecule has 0 saturated carbocycles. The number of hydrogen-bond acceptors (Lipinski definition) is 6. The highest BCUT2D eigenvalue weighted by Crippen LogP contribution is 1.91. The summed E-state index contributed by atoms with van der Waals surface area (Å²) in [6, 6.07) is 0. The molecule has 8 heteroatoms. The normalized spacial score (nSPS) is 10.9. The summed E-state index contributed by atoms with van der Waals surface area (Å²) in [5.74, 6) is 15.6. The summed E-state index contributed by atoms with van der Waals surface area (Å²) in [4.78, 5) is 4.01. The monoisotopic (exact) mass is 202 g/mol. The van der Waals surface area contributed by atoms with Gasteiger partial charge in [0.05, 0.1) is 5.71 Å². The molecule has 0 aromatic carbocycles. The summed E-state index contributed by atoms with van der Waals surface area (Å²) >= 11 is 0. The van der Waals surface area contributed by atoms with Crippen LogP contribution in [-0.4, -0.2) is 24.8 Å². The molecule has 0 radical (unpaired) electrons. The number of hydrazone groups is 1. The quantitative estimate of drug-likeness (QED) is 0.0939. The molecule has 0 bridgehead atoms. The molecule has 14 heavy (non-hydrogen) atoms. The van der Waals surface area contributed by atoms with Crippen molar-refractivity contribution in [3.8, 4) is 0 Å². The van der Waals surface area contributed by atoms with E-state index in [4.69, 9.17) is 23.3 Å². The van der Waals surface area contributed by atoms with Crippen LogP contribution in [0.4, 0.5) is 0 Å². The zero-order valence-corrected chi connectivity index (χ0v) is 8.03. The highest BCUT2D eigenvalue weighted by atomic mass is 15.4. The molecule has 82 valence electrons. The van der Waals surface area contributed by atoms with Crippen LogP contribution in [0.3, 0.4) is 0 Å². The zero-order valence-electron chi connectivity index (χ0n) is 8.03. The van der Waals surface area contributed by atoms with Crippen molar-refractivity contribution >= 4 is 11.7 Å². The highest BCUT2D eigenvalue weighted by molar-refractivity contribution is 5.85. The Morgan fingerprint density at radius 1 is 1.21 bits per heavy atom. The van der Waals surface area contributed by atoms with Gasteiger partial charge in [0, 0.05) is 13.1 Å². The molecule has 0 aromatic rings. The molecular formula is C6H18N8. The second kappa shape index (κ2) is 8.23. The van der Waals surface area contributed by atoms with E-state index in [1.54, 1.807) is 0 Å². The lowest BCUT2D eigenvalue weighted by Gasteiger charge is -2.03. The Kier molecular flexibility index (Phi) is 7.42. The Bertz CT molecular complexity index is 192. The van der Waals surface area contributed by atoms with E-state index in [1.807, 2.05) is 0 Å². The van der Waals surface area contributed by atoms with Gasteiger partial charge in [-0.1, -0.05) is 0 Å². The first kappa shape index (κ1) is 12.6. The minimum absolute atomic E-state index is 0.337. The molecule has 0 spiro atoms. The molecule has 0 heterocycles. The third-order valence-corrected chi connectivity index (χ3v) is 1.59. The van der Waals surface area contributed by atoms with Gasteiger partial charge in [-0.15, -0.1) is 0 Å². The van der Waals surface area contributed by atoms with Crippen molar-refractivity contribution in [2.45, 2.75) is 12.8 Å². The number of nitrogens with one attached hydrogen (secondary N) is 2.